The van der Waals surface area contributed by atoms with Crippen LogP contribution >= 0.6 is 22.6 Å². The number of ketones is 1. The van der Waals surface area contributed by atoms with Crippen molar-refractivity contribution in [3.05, 3.63) is 91.8 Å². The Bertz CT molecular complexity index is 1150. The molecule has 0 aliphatic carbocycles. The topological polar surface area (TPSA) is 64.6 Å². The second-order valence-corrected chi connectivity index (χ2v) is 6.66. The van der Waals surface area contributed by atoms with E-state index in [1.165, 1.54) is 0 Å². The minimum Gasteiger partial charge on any atom is -0.306 e. The Morgan fingerprint density at radius 3 is 2.40 bits per heavy atom. The van der Waals surface area contributed by atoms with Gasteiger partial charge in [0.15, 0.2) is 0 Å². The minimum absolute atomic E-state index is 0.0309. The van der Waals surface area contributed by atoms with Crippen LogP contribution in [0.5, 0.6) is 0 Å². The Morgan fingerprint density at radius 2 is 1.68 bits per heavy atom. The number of nitro groups is 1. The molecule has 0 saturated heterocycles. The van der Waals surface area contributed by atoms with Gasteiger partial charge in [0.2, 0.25) is 5.78 Å². The van der Waals surface area contributed by atoms with Crippen LogP contribution in [0.3, 0.4) is 0 Å². The van der Waals surface area contributed by atoms with E-state index in [1.807, 2.05) is 59.0 Å². The summed E-state index contributed by atoms with van der Waals surface area (Å²) in [5, 5.41) is 13.4. The summed E-state index contributed by atoms with van der Waals surface area (Å²) in [5.41, 5.74) is 1.24. The van der Waals surface area contributed by atoms with Gasteiger partial charge < -0.3 is 4.40 Å². The van der Waals surface area contributed by atoms with Crippen LogP contribution < -0.4 is 0 Å². The lowest BCUT2D eigenvalue weighted by molar-refractivity contribution is -0.383. The molecule has 0 bridgehead atoms. The third-order valence-electron chi connectivity index (χ3n) is 4.17. The quantitative estimate of drug-likeness (QED) is 0.198. The molecule has 4 aromatic rings. The van der Waals surface area contributed by atoms with Crippen LogP contribution in [0.1, 0.15) is 16.1 Å². The SMILES string of the molecule is O=C(c1ccccc1)c1c(I)c([N+](=O)[O-])c2c3ccccc3ccn12. The molecule has 4 rings (SSSR count). The largest absolute Gasteiger partial charge is 0.309 e. The molecule has 2 heterocycles. The molecule has 0 unspecified atom stereocenters. The van der Waals surface area contributed by atoms with Crippen LogP contribution in [0.25, 0.3) is 16.3 Å². The number of hydrogen-bond donors (Lipinski definition) is 0. The molecule has 0 amide bonds. The normalized spacial score (nSPS) is 11.1. The molecule has 0 spiro atoms. The first-order valence-corrected chi connectivity index (χ1v) is 8.63. The van der Waals surface area contributed by atoms with Crippen LogP contribution in [0.4, 0.5) is 5.69 Å². The highest BCUT2D eigenvalue weighted by Crippen LogP contribution is 2.37. The van der Waals surface area contributed by atoms with Gasteiger partial charge in [0.25, 0.3) is 0 Å². The van der Waals surface area contributed by atoms with E-state index in [0.717, 1.165) is 10.8 Å². The van der Waals surface area contributed by atoms with E-state index in [-0.39, 0.29) is 11.5 Å². The molecule has 0 atom stereocenters. The van der Waals surface area contributed by atoms with Crippen LogP contribution in [-0.2, 0) is 0 Å². The number of benzene rings is 2. The van der Waals surface area contributed by atoms with E-state index < -0.39 is 4.92 Å². The average molecular weight is 442 g/mol. The monoisotopic (exact) mass is 442 g/mol. The van der Waals surface area contributed by atoms with Crippen molar-refractivity contribution in [3.8, 4) is 0 Å². The van der Waals surface area contributed by atoms with Crippen LogP contribution in [0, 0.1) is 13.7 Å². The van der Waals surface area contributed by atoms with Crippen LogP contribution in [-0.4, -0.2) is 15.1 Å². The van der Waals surface area contributed by atoms with Gasteiger partial charge in [0, 0.05) is 17.1 Å². The van der Waals surface area contributed by atoms with Gasteiger partial charge >= 0.3 is 5.69 Å². The summed E-state index contributed by atoms with van der Waals surface area (Å²) in [4.78, 5) is 24.3. The summed E-state index contributed by atoms with van der Waals surface area (Å²) in [5.74, 6) is -0.233. The molecule has 6 heteroatoms. The van der Waals surface area contributed by atoms with E-state index in [0.29, 0.717) is 20.3 Å². The van der Waals surface area contributed by atoms with Crippen LogP contribution in [0.15, 0.2) is 66.9 Å². The number of aromatic nitrogens is 1. The number of pyridine rings is 1. The highest BCUT2D eigenvalue weighted by atomic mass is 127. The number of carbonyl (C=O) groups is 1. The maximum Gasteiger partial charge on any atom is 0.309 e. The Labute approximate surface area is 156 Å². The minimum atomic E-state index is -0.411. The molecule has 0 N–H and O–H groups in total. The maximum absolute atomic E-state index is 13.0. The zero-order valence-corrected chi connectivity index (χ0v) is 15.0. The molecule has 0 saturated carbocycles. The van der Waals surface area contributed by atoms with Crippen molar-refractivity contribution in [2.75, 3.05) is 0 Å². The van der Waals surface area contributed by atoms with Gasteiger partial charge in [-0.3, -0.25) is 14.9 Å². The number of carbonyl (C=O) groups excluding carboxylic acids is 1. The zero-order chi connectivity index (χ0) is 17.6. The van der Waals surface area contributed by atoms with Crippen molar-refractivity contribution in [2.24, 2.45) is 0 Å². The smallest absolute Gasteiger partial charge is 0.306 e. The maximum atomic E-state index is 13.0. The number of fused-ring (bicyclic) bond motifs is 3. The fraction of sp³-hybridized carbons (Fsp3) is 0. The molecule has 0 radical (unpaired) electrons. The highest BCUT2D eigenvalue weighted by molar-refractivity contribution is 14.1. The Balaban J connectivity index is 2.13. The first kappa shape index (κ1) is 15.8. The third kappa shape index (κ3) is 2.41. The number of halogens is 1. The van der Waals surface area contributed by atoms with E-state index in [2.05, 4.69) is 0 Å². The summed E-state index contributed by atoms with van der Waals surface area (Å²) < 4.78 is 1.99. The lowest BCUT2D eigenvalue weighted by Gasteiger charge is -2.05. The Morgan fingerprint density at radius 1 is 1.00 bits per heavy atom. The summed E-state index contributed by atoms with van der Waals surface area (Å²) >= 11 is 1.90. The fourth-order valence-corrected chi connectivity index (χ4v) is 4.03. The molecule has 5 nitrogen and oxygen atoms in total. The summed E-state index contributed by atoms with van der Waals surface area (Å²) in [6.45, 7) is 0. The van der Waals surface area contributed by atoms with Crippen molar-refractivity contribution >= 4 is 50.4 Å². The van der Waals surface area contributed by atoms with Gasteiger partial charge in [-0.05, 0) is 34.0 Å². The Hall–Kier alpha value is -2.74. The van der Waals surface area contributed by atoms with Crippen molar-refractivity contribution in [1.82, 2.24) is 4.40 Å². The molecule has 25 heavy (non-hydrogen) atoms. The zero-order valence-electron chi connectivity index (χ0n) is 12.8. The molecular formula is C19H11IN2O3. The van der Waals surface area contributed by atoms with Gasteiger partial charge in [-0.2, -0.15) is 0 Å². The summed E-state index contributed by atoms with van der Waals surface area (Å²) in [7, 11) is 0. The first-order chi connectivity index (χ1) is 12.1. The Kier molecular flexibility index (Phi) is 3.76. The van der Waals surface area contributed by atoms with E-state index in [9.17, 15) is 14.9 Å². The first-order valence-electron chi connectivity index (χ1n) is 7.55. The third-order valence-corrected chi connectivity index (χ3v) is 5.20. The highest BCUT2D eigenvalue weighted by Gasteiger charge is 2.30. The van der Waals surface area contributed by atoms with Gasteiger partial charge in [-0.15, -0.1) is 0 Å². The van der Waals surface area contributed by atoms with Gasteiger partial charge in [0.05, 0.1) is 4.92 Å². The van der Waals surface area contributed by atoms with Crippen molar-refractivity contribution in [2.45, 2.75) is 0 Å². The molecule has 2 aromatic carbocycles. The van der Waals surface area contributed by atoms with E-state index in [1.54, 1.807) is 34.9 Å². The average Bonchev–Trinajstić information content (AvgIpc) is 2.94. The predicted octanol–water partition coefficient (Wildman–Crippen LogP) is 4.84. The predicted molar refractivity (Wildman–Crippen MR) is 104 cm³/mol. The van der Waals surface area contributed by atoms with Crippen molar-refractivity contribution < 1.29 is 9.72 Å². The van der Waals surface area contributed by atoms with Gasteiger partial charge in [0.1, 0.15) is 14.8 Å². The molecule has 2 aromatic heterocycles. The van der Waals surface area contributed by atoms with Crippen molar-refractivity contribution in [1.29, 1.82) is 0 Å². The molecule has 0 aliphatic heterocycles. The van der Waals surface area contributed by atoms with E-state index >= 15 is 0 Å². The lowest BCUT2D eigenvalue weighted by Crippen LogP contribution is -2.06. The summed E-state index contributed by atoms with van der Waals surface area (Å²) in [6.07, 6.45) is 1.73. The van der Waals surface area contributed by atoms with Crippen LogP contribution in [0.2, 0.25) is 0 Å². The van der Waals surface area contributed by atoms with Gasteiger partial charge in [-0.1, -0.05) is 54.6 Å². The molecular weight excluding hydrogens is 431 g/mol. The molecule has 0 aliphatic rings. The number of nitrogens with zero attached hydrogens (tertiary/aromatic N) is 2. The summed E-state index contributed by atoms with van der Waals surface area (Å²) in [6, 6.07) is 18.1. The number of hydrogen-bond acceptors (Lipinski definition) is 3. The second-order valence-electron chi connectivity index (χ2n) is 5.59. The fourth-order valence-electron chi connectivity index (χ4n) is 3.07. The van der Waals surface area contributed by atoms with E-state index in [4.69, 9.17) is 0 Å². The lowest BCUT2D eigenvalue weighted by atomic mass is 10.1. The second kappa shape index (κ2) is 5.96. The standard InChI is InChI=1S/C19H11IN2O3/c20-15-17(22(24)25)16-14-9-5-4-6-12(14)10-11-21(16)18(15)19(23)13-7-2-1-3-8-13/h1-11H. The molecule has 0 fully saturated rings. The van der Waals surface area contributed by atoms with Gasteiger partial charge in [-0.25, -0.2) is 0 Å². The van der Waals surface area contributed by atoms with Crippen molar-refractivity contribution in [3.63, 3.8) is 0 Å². The number of rotatable bonds is 3. The molecule has 122 valence electrons.